The van der Waals surface area contributed by atoms with Gasteiger partial charge in [0.25, 0.3) is 5.91 Å². The Morgan fingerprint density at radius 3 is 2.80 bits per heavy atom. The lowest BCUT2D eigenvalue weighted by molar-refractivity contribution is -0.123. The largest absolute Gasteiger partial charge is 0.484 e. The lowest BCUT2D eigenvalue weighted by Crippen LogP contribution is -2.31. The highest BCUT2D eigenvalue weighted by molar-refractivity contribution is 5.77. The topological polar surface area (TPSA) is 82.2 Å². The van der Waals surface area contributed by atoms with Gasteiger partial charge in [-0.1, -0.05) is 12.1 Å². The molecule has 0 radical (unpaired) electrons. The molecule has 0 unspecified atom stereocenters. The summed E-state index contributed by atoms with van der Waals surface area (Å²) in [6.07, 6.45) is 5.26. The van der Waals surface area contributed by atoms with Crippen molar-refractivity contribution in [3.05, 3.63) is 48.5 Å². The Kier molecular flexibility index (Phi) is 5.14. The zero-order valence-electron chi connectivity index (χ0n) is 11.2. The number of carbonyl (C=O) groups excluding carboxylic acids is 1. The summed E-state index contributed by atoms with van der Waals surface area (Å²) < 4.78 is 7.28. The molecule has 0 bridgehead atoms. The van der Waals surface area contributed by atoms with Crippen LogP contribution < -0.4 is 15.8 Å². The summed E-state index contributed by atoms with van der Waals surface area (Å²) in [5, 5.41) is 2.78. The average Bonchev–Trinajstić information content (AvgIpc) is 2.99. The van der Waals surface area contributed by atoms with E-state index >= 15 is 0 Å². The van der Waals surface area contributed by atoms with Gasteiger partial charge in [0.1, 0.15) is 5.75 Å². The van der Waals surface area contributed by atoms with Gasteiger partial charge in [0.2, 0.25) is 0 Å². The summed E-state index contributed by atoms with van der Waals surface area (Å²) in [6.45, 7) is 1.74. The molecule has 6 heteroatoms. The lowest BCUT2D eigenvalue weighted by atomic mass is 10.2. The average molecular weight is 274 g/mol. The van der Waals surface area contributed by atoms with E-state index in [-0.39, 0.29) is 12.5 Å². The van der Waals surface area contributed by atoms with E-state index in [2.05, 4.69) is 10.3 Å². The van der Waals surface area contributed by atoms with Gasteiger partial charge in [-0.2, -0.15) is 0 Å². The molecule has 0 aliphatic carbocycles. The molecule has 0 saturated heterocycles. The number of benzene rings is 1. The number of aromatic nitrogens is 2. The predicted octanol–water partition coefficient (Wildman–Crippen LogP) is 0.537. The van der Waals surface area contributed by atoms with Gasteiger partial charge in [0, 0.05) is 32.0 Å². The Labute approximate surface area is 117 Å². The van der Waals surface area contributed by atoms with Crippen molar-refractivity contribution in [2.75, 3.05) is 13.2 Å². The fourth-order valence-electron chi connectivity index (χ4n) is 1.67. The third-order valence-electron chi connectivity index (χ3n) is 2.78. The molecule has 0 atom stereocenters. The monoisotopic (exact) mass is 274 g/mol. The summed E-state index contributed by atoms with van der Waals surface area (Å²) in [5.41, 5.74) is 6.54. The van der Waals surface area contributed by atoms with Crippen LogP contribution in [0.2, 0.25) is 0 Å². The minimum Gasteiger partial charge on any atom is -0.484 e. The van der Waals surface area contributed by atoms with E-state index < -0.39 is 0 Å². The SMILES string of the molecule is NCc1ccc(OCC(=O)NCCn2ccnc2)cc1. The van der Waals surface area contributed by atoms with Crippen molar-refractivity contribution in [3.8, 4) is 5.75 Å². The first-order valence-corrected chi connectivity index (χ1v) is 6.42. The van der Waals surface area contributed by atoms with Crippen molar-refractivity contribution in [1.82, 2.24) is 14.9 Å². The highest BCUT2D eigenvalue weighted by atomic mass is 16.5. The smallest absolute Gasteiger partial charge is 0.258 e. The number of nitrogens with zero attached hydrogens (tertiary/aromatic N) is 2. The molecule has 3 N–H and O–H groups in total. The van der Waals surface area contributed by atoms with Gasteiger partial charge in [0.15, 0.2) is 6.61 Å². The Hall–Kier alpha value is -2.34. The molecule has 0 aliphatic heterocycles. The zero-order valence-corrected chi connectivity index (χ0v) is 11.2. The molecule has 2 aromatic rings. The van der Waals surface area contributed by atoms with E-state index in [0.717, 1.165) is 5.56 Å². The maximum absolute atomic E-state index is 11.6. The number of imidazole rings is 1. The van der Waals surface area contributed by atoms with Crippen LogP contribution in [0.25, 0.3) is 0 Å². The summed E-state index contributed by atoms with van der Waals surface area (Å²) in [6, 6.07) is 7.38. The molecule has 0 fully saturated rings. The Bertz CT molecular complexity index is 523. The lowest BCUT2D eigenvalue weighted by Gasteiger charge is -2.08. The van der Waals surface area contributed by atoms with Crippen LogP contribution in [0.4, 0.5) is 0 Å². The van der Waals surface area contributed by atoms with Crippen molar-refractivity contribution in [3.63, 3.8) is 0 Å². The van der Waals surface area contributed by atoms with Gasteiger partial charge < -0.3 is 20.4 Å². The van der Waals surface area contributed by atoms with E-state index in [1.165, 1.54) is 0 Å². The van der Waals surface area contributed by atoms with Gasteiger partial charge in [-0.15, -0.1) is 0 Å². The molecule has 2 rings (SSSR count). The highest BCUT2D eigenvalue weighted by Crippen LogP contribution is 2.11. The van der Waals surface area contributed by atoms with Crippen LogP contribution in [0.5, 0.6) is 5.75 Å². The maximum Gasteiger partial charge on any atom is 0.258 e. The number of carbonyl (C=O) groups is 1. The van der Waals surface area contributed by atoms with Crippen LogP contribution >= 0.6 is 0 Å². The summed E-state index contributed by atoms with van der Waals surface area (Å²) in [4.78, 5) is 15.5. The molecule has 1 aromatic heterocycles. The third kappa shape index (κ3) is 4.40. The molecule has 1 aromatic carbocycles. The summed E-state index contributed by atoms with van der Waals surface area (Å²) in [7, 11) is 0. The number of rotatable bonds is 7. The first-order chi connectivity index (χ1) is 9.78. The minimum absolute atomic E-state index is 0.00585. The predicted molar refractivity (Wildman–Crippen MR) is 75.1 cm³/mol. The van der Waals surface area contributed by atoms with Crippen LogP contribution in [-0.2, 0) is 17.9 Å². The second-order valence-corrected chi connectivity index (χ2v) is 4.29. The number of amides is 1. The van der Waals surface area contributed by atoms with Crippen LogP contribution in [0.1, 0.15) is 5.56 Å². The van der Waals surface area contributed by atoms with Gasteiger partial charge in [-0.25, -0.2) is 4.98 Å². The molecule has 106 valence electrons. The Balaban J connectivity index is 1.66. The second-order valence-electron chi connectivity index (χ2n) is 4.29. The fourth-order valence-corrected chi connectivity index (χ4v) is 1.67. The third-order valence-corrected chi connectivity index (χ3v) is 2.78. The number of hydrogen-bond acceptors (Lipinski definition) is 4. The molecule has 20 heavy (non-hydrogen) atoms. The molecule has 1 amide bonds. The number of hydrogen-bond donors (Lipinski definition) is 2. The van der Waals surface area contributed by atoms with E-state index in [9.17, 15) is 4.79 Å². The van der Waals surface area contributed by atoms with Gasteiger partial charge in [0.05, 0.1) is 6.33 Å². The van der Waals surface area contributed by atoms with Crippen LogP contribution in [0, 0.1) is 0 Å². The van der Waals surface area contributed by atoms with E-state index in [4.69, 9.17) is 10.5 Å². The number of nitrogens with two attached hydrogens (primary N) is 1. The molecular formula is C14H18N4O2. The molecule has 0 aliphatic rings. The van der Waals surface area contributed by atoms with Gasteiger partial charge in [-0.3, -0.25) is 4.79 Å². The summed E-state index contributed by atoms with van der Waals surface area (Å²) >= 11 is 0. The van der Waals surface area contributed by atoms with Crippen molar-refractivity contribution in [1.29, 1.82) is 0 Å². The normalized spacial score (nSPS) is 10.2. The molecule has 1 heterocycles. The van der Waals surface area contributed by atoms with Gasteiger partial charge >= 0.3 is 0 Å². The zero-order chi connectivity index (χ0) is 14.2. The van der Waals surface area contributed by atoms with Crippen LogP contribution in [0.3, 0.4) is 0 Å². The second kappa shape index (κ2) is 7.30. The fraction of sp³-hybridized carbons (Fsp3) is 0.286. The van der Waals surface area contributed by atoms with Crippen LogP contribution in [-0.4, -0.2) is 28.6 Å². The Morgan fingerprint density at radius 2 is 2.15 bits per heavy atom. The van der Waals surface area contributed by atoms with E-state index in [1.807, 2.05) is 22.9 Å². The van der Waals surface area contributed by atoms with Crippen molar-refractivity contribution in [2.24, 2.45) is 5.73 Å². The highest BCUT2D eigenvalue weighted by Gasteiger charge is 2.02. The molecule has 0 spiro atoms. The van der Waals surface area contributed by atoms with Crippen molar-refractivity contribution in [2.45, 2.75) is 13.1 Å². The molecule has 6 nitrogen and oxygen atoms in total. The molecule has 0 saturated carbocycles. The van der Waals surface area contributed by atoms with Crippen LogP contribution in [0.15, 0.2) is 43.0 Å². The quantitative estimate of drug-likeness (QED) is 0.772. The minimum atomic E-state index is -0.145. The summed E-state index contributed by atoms with van der Waals surface area (Å²) in [5.74, 6) is 0.514. The van der Waals surface area contributed by atoms with Crippen molar-refractivity contribution < 1.29 is 9.53 Å². The maximum atomic E-state index is 11.6. The standard InChI is InChI=1S/C14H18N4O2/c15-9-12-1-3-13(4-2-12)20-10-14(19)17-6-8-18-7-5-16-11-18/h1-5,7,11H,6,8-10,15H2,(H,17,19). The number of nitrogens with one attached hydrogen (secondary N) is 1. The van der Waals surface area contributed by atoms with E-state index in [0.29, 0.717) is 25.4 Å². The Morgan fingerprint density at radius 1 is 1.35 bits per heavy atom. The van der Waals surface area contributed by atoms with E-state index in [1.54, 1.807) is 24.7 Å². The van der Waals surface area contributed by atoms with Crippen molar-refractivity contribution >= 4 is 5.91 Å². The molecular weight excluding hydrogens is 256 g/mol. The first kappa shape index (κ1) is 14.1. The number of ether oxygens (including phenoxy) is 1. The first-order valence-electron chi connectivity index (χ1n) is 6.42. The van der Waals surface area contributed by atoms with Gasteiger partial charge in [-0.05, 0) is 17.7 Å².